The van der Waals surface area contributed by atoms with E-state index < -0.39 is 0 Å². The minimum absolute atomic E-state index is 0.111. The number of hydrogen-bond donors (Lipinski definition) is 0. The summed E-state index contributed by atoms with van der Waals surface area (Å²) in [5.41, 5.74) is 0.632. The lowest BCUT2D eigenvalue weighted by Crippen LogP contribution is -2.21. The van der Waals surface area contributed by atoms with E-state index in [9.17, 15) is 9.59 Å². The summed E-state index contributed by atoms with van der Waals surface area (Å²) in [6, 6.07) is 9.62. The Balaban J connectivity index is 1.72. The van der Waals surface area contributed by atoms with Crippen molar-refractivity contribution in [2.45, 2.75) is 46.1 Å². The Bertz CT molecular complexity index is 511. The quantitative estimate of drug-likeness (QED) is 0.690. The molecule has 0 spiro atoms. The fraction of sp³-hybridized carbons (Fsp3) is 0.556. The van der Waals surface area contributed by atoms with Gasteiger partial charge in [0.1, 0.15) is 6.61 Å². The highest BCUT2D eigenvalue weighted by Gasteiger charge is 2.59. The van der Waals surface area contributed by atoms with Crippen molar-refractivity contribution in [2.24, 2.45) is 11.3 Å². The number of hydrogen-bond acceptors (Lipinski definition) is 4. The molecule has 4 heteroatoms. The first kappa shape index (κ1) is 16.5. The third-order valence-electron chi connectivity index (χ3n) is 4.48. The SMILES string of the molecule is CCOC(=O)C1(CC)CC1CCC(=O)OCc1ccccc1. The second kappa shape index (κ2) is 7.43. The lowest BCUT2D eigenvalue weighted by atomic mass is 9.98. The van der Waals surface area contributed by atoms with Gasteiger partial charge < -0.3 is 9.47 Å². The summed E-state index contributed by atoms with van der Waals surface area (Å²) in [5.74, 6) is -0.0643. The van der Waals surface area contributed by atoms with E-state index in [-0.39, 0.29) is 23.3 Å². The van der Waals surface area contributed by atoms with Crippen molar-refractivity contribution in [2.75, 3.05) is 6.61 Å². The molecule has 1 aromatic carbocycles. The second-order valence-electron chi connectivity index (χ2n) is 5.82. The zero-order valence-corrected chi connectivity index (χ0v) is 13.3. The molecule has 4 nitrogen and oxygen atoms in total. The van der Waals surface area contributed by atoms with Crippen LogP contribution in [-0.4, -0.2) is 18.5 Å². The number of ether oxygens (including phenoxy) is 2. The molecule has 22 heavy (non-hydrogen) atoms. The summed E-state index contributed by atoms with van der Waals surface area (Å²) in [6.07, 6.45) is 2.66. The predicted molar refractivity (Wildman–Crippen MR) is 82.9 cm³/mol. The summed E-state index contributed by atoms with van der Waals surface area (Å²) in [7, 11) is 0. The van der Waals surface area contributed by atoms with Crippen LogP contribution in [0.15, 0.2) is 30.3 Å². The average molecular weight is 304 g/mol. The molecule has 120 valence electrons. The van der Waals surface area contributed by atoms with Crippen LogP contribution in [0.4, 0.5) is 0 Å². The molecule has 0 radical (unpaired) electrons. The molecule has 0 saturated heterocycles. The van der Waals surface area contributed by atoms with Gasteiger partial charge in [-0.05, 0) is 37.7 Å². The Morgan fingerprint density at radius 2 is 1.91 bits per heavy atom. The van der Waals surface area contributed by atoms with Crippen LogP contribution in [-0.2, 0) is 25.7 Å². The Kier molecular flexibility index (Phi) is 5.58. The molecule has 1 aliphatic carbocycles. The van der Waals surface area contributed by atoms with Crippen LogP contribution in [0, 0.1) is 11.3 Å². The summed E-state index contributed by atoms with van der Waals surface area (Å²) >= 11 is 0. The number of esters is 2. The predicted octanol–water partition coefficient (Wildman–Crippen LogP) is 3.49. The van der Waals surface area contributed by atoms with Gasteiger partial charge in [-0.2, -0.15) is 0 Å². The Morgan fingerprint density at radius 3 is 2.55 bits per heavy atom. The first-order valence-electron chi connectivity index (χ1n) is 7.99. The minimum atomic E-state index is -0.351. The van der Waals surface area contributed by atoms with Crippen molar-refractivity contribution in [3.05, 3.63) is 35.9 Å². The van der Waals surface area contributed by atoms with E-state index in [1.807, 2.05) is 44.2 Å². The molecule has 0 N–H and O–H groups in total. The van der Waals surface area contributed by atoms with Crippen molar-refractivity contribution < 1.29 is 19.1 Å². The zero-order valence-electron chi connectivity index (χ0n) is 13.3. The van der Waals surface area contributed by atoms with Crippen LogP contribution in [0.5, 0.6) is 0 Å². The molecule has 1 aromatic rings. The number of carbonyl (C=O) groups excluding carboxylic acids is 2. The maximum atomic E-state index is 12.0. The van der Waals surface area contributed by atoms with Gasteiger partial charge in [0.05, 0.1) is 12.0 Å². The second-order valence-corrected chi connectivity index (χ2v) is 5.82. The van der Waals surface area contributed by atoms with E-state index in [0.717, 1.165) is 18.4 Å². The number of rotatable bonds is 8. The van der Waals surface area contributed by atoms with Crippen LogP contribution in [0.2, 0.25) is 0 Å². The Labute approximate surface area is 131 Å². The molecule has 2 unspecified atom stereocenters. The fourth-order valence-electron chi connectivity index (χ4n) is 2.96. The molecule has 2 atom stereocenters. The van der Waals surface area contributed by atoms with E-state index in [1.54, 1.807) is 0 Å². The normalized spacial score (nSPS) is 22.9. The molecule has 0 bridgehead atoms. The van der Waals surface area contributed by atoms with Crippen LogP contribution >= 0.6 is 0 Å². The van der Waals surface area contributed by atoms with Crippen molar-refractivity contribution in [1.82, 2.24) is 0 Å². The molecule has 0 heterocycles. The molecular weight excluding hydrogens is 280 g/mol. The van der Waals surface area contributed by atoms with Gasteiger partial charge in [0.2, 0.25) is 0 Å². The first-order chi connectivity index (χ1) is 10.6. The van der Waals surface area contributed by atoms with Gasteiger partial charge in [-0.3, -0.25) is 9.59 Å². The number of carbonyl (C=O) groups is 2. The fourth-order valence-corrected chi connectivity index (χ4v) is 2.96. The summed E-state index contributed by atoms with van der Waals surface area (Å²) in [6.45, 7) is 4.54. The minimum Gasteiger partial charge on any atom is -0.466 e. The highest BCUT2D eigenvalue weighted by molar-refractivity contribution is 5.80. The van der Waals surface area contributed by atoms with Gasteiger partial charge in [0.25, 0.3) is 0 Å². The van der Waals surface area contributed by atoms with Crippen LogP contribution < -0.4 is 0 Å². The Morgan fingerprint density at radius 1 is 1.18 bits per heavy atom. The molecule has 0 amide bonds. The zero-order chi connectivity index (χ0) is 16.0. The maximum absolute atomic E-state index is 12.0. The third-order valence-corrected chi connectivity index (χ3v) is 4.48. The monoisotopic (exact) mass is 304 g/mol. The maximum Gasteiger partial charge on any atom is 0.312 e. The average Bonchev–Trinajstić information content (AvgIpc) is 3.27. The van der Waals surface area contributed by atoms with Gasteiger partial charge in [-0.25, -0.2) is 0 Å². The van der Waals surface area contributed by atoms with Gasteiger partial charge >= 0.3 is 11.9 Å². The van der Waals surface area contributed by atoms with Crippen LogP contribution in [0.3, 0.4) is 0 Å². The van der Waals surface area contributed by atoms with E-state index in [4.69, 9.17) is 9.47 Å². The molecule has 1 aliphatic rings. The van der Waals surface area contributed by atoms with Gasteiger partial charge in [0.15, 0.2) is 0 Å². The largest absolute Gasteiger partial charge is 0.466 e. The molecule has 0 aromatic heterocycles. The molecular formula is C18H24O4. The highest BCUT2D eigenvalue weighted by atomic mass is 16.5. The molecule has 0 aliphatic heterocycles. The van der Waals surface area contributed by atoms with E-state index in [1.165, 1.54) is 0 Å². The Hall–Kier alpha value is -1.84. The van der Waals surface area contributed by atoms with Crippen molar-refractivity contribution in [1.29, 1.82) is 0 Å². The summed E-state index contributed by atoms with van der Waals surface area (Å²) in [5, 5.41) is 0. The van der Waals surface area contributed by atoms with E-state index in [2.05, 4.69) is 0 Å². The molecule has 1 saturated carbocycles. The van der Waals surface area contributed by atoms with Crippen molar-refractivity contribution >= 4 is 11.9 Å². The van der Waals surface area contributed by atoms with E-state index >= 15 is 0 Å². The summed E-state index contributed by atoms with van der Waals surface area (Å²) in [4.78, 5) is 23.8. The smallest absolute Gasteiger partial charge is 0.312 e. The third kappa shape index (κ3) is 3.87. The van der Waals surface area contributed by atoms with Crippen molar-refractivity contribution in [3.63, 3.8) is 0 Å². The van der Waals surface area contributed by atoms with E-state index in [0.29, 0.717) is 26.1 Å². The lowest BCUT2D eigenvalue weighted by Gasteiger charge is -2.13. The van der Waals surface area contributed by atoms with Crippen molar-refractivity contribution in [3.8, 4) is 0 Å². The highest BCUT2D eigenvalue weighted by Crippen LogP contribution is 2.58. The molecule has 1 fully saturated rings. The van der Waals surface area contributed by atoms with Crippen LogP contribution in [0.25, 0.3) is 0 Å². The van der Waals surface area contributed by atoms with Gasteiger partial charge in [-0.1, -0.05) is 37.3 Å². The topological polar surface area (TPSA) is 52.6 Å². The standard InChI is InChI=1S/C18H24O4/c1-3-18(17(20)21-4-2)12-15(18)10-11-16(19)22-13-14-8-6-5-7-9-14/h5-9,15H,3-4,10-13H2,1-2H3. The molecule has 2 rings (SSSR count). The van der Waals surface area contributed by atoms with Gasteiger partial charge in [-0.15, -0.1) is 0 Å². The first-order valence-corrected chi connectivity index (χ1v) is 7.99. The van der Waals surface area contributed by atoms with Gasteiger partial charge in [0, 0.05) is 6.42 Å². The summed E-state index contributed by atoms with van der Waals surface area (Å²) < 4.78 is 10.4. The number of benzene rings is 1. The lowest BCUT2D eigenvalue weighted by molar-refractivity contribution is -0.151. The van der Waals surface area contributed by atoms with Crippen LogP contribution in [0.1, 0.15) is 45.1 Å².